The standard InChI is InChI=1S/C20H38.C7H14.C4H11N/c1-5-8-19-13-15-20(16-14-19)12-11-18(4)10-7-6-9-17(2)3;1-7-5-3-2-4-6-7;1-4(2)3-5/h5,8,17-20H,6-7,9-16H2,1-4H3;7H,2-6H2,1H3;4H,3,5H2,1-2H3. The molecule has 0 radical (unpaired) electrons. The molecule has 0 aliphatic heterocycles. The molecule has 2 aliphatic carbocycles. The van der Waals surface area contributed by atoms with Gasteiger partial charge >= 0.3 is 0 Å². The van der Waals surface area contributed by atoms with E-state index in [-0.39, 0.29) is 0 Å². The Bertz CT molecular complexity index is 397. The highest BCUT2D eigenvalue weighted by atomic mass is 14.5. The van der Waals surface area contributed by atoms with Gasteiger partial charge in [-0.15, -0.1) is 0 Å². The molecule has 1 unspecified atom stereocenters. The zero-order valence-electron chi connectivity index (χ0n) is 23.5. The lowest BCUT2D eigenvalue weighted by molar-refractivity contribution is 0.274. The summed E-state index contributed by atoms with van der Waals surface area (Å²) in [7, 11) is 0. The maximum absolute atomic E-state index is 5.17. The molecule has 32 heavy (non-hydrogen) atoms. The third kappa shape index (κ3) is 20.3. The molecule has 2 saturated carbocycles. The number of unbranched alkanes of at least 4 members (excludes halogenated alkanes) is 1. The van der Waals surface area contributed by atoms with Crippen LogP contribution in [-0.2, 0) is 0 Å². The molecule has 1 atom stereocenters. The highest BCUT2D eigenvalue weighted by molar-refractivity contribution is 4.88. The topological polar surface area (TPSA) is 26.0 Å². The van der Waals surface area contributed by atoms with Gasteiger partial charge < -0.3 is 5.73 Å². The number of allylic oxidation sites excluding steroid dienone is 2. The Morgan fingerprint density at radius 3 is 1.75 bits per heavy atom. The van der Waals surface area contributed by atoms with Gasteiger partial charge in [0.05, 0.1) is 0 Å². The zero-order chi connectivity index (χ0) is 24.2. The molecule has 1 nitrogen and oxygen atoms in total. The largest absolute Gasteiger partial charge is 0.330 e. The highest BCUT2D eigenvalue weighted by Gasteiger charge is 2.19. The van der Waals surface area contributed by atoms with Gasteiger partial charge in [0.1, 0.15) is 0 Å². The summed E-state index contributed by atoms with van der Waals surface area (Å²) in [5.41, 5.74) is 5.17. The van der Waals surface area contributed by atoms with E-state index < -0.39 is 0 Å². The lowest BCUT2D eigenvalue weighted by Crippen LogP contribution is -2.14. The van der Waals surface area contributed by atoms with Gasteiger partial charge in [-0.05, 0) is 74.7 Å². The Morgan fingerprint density at radius 2 is 1.31 bits per heavy atom. The molecule has 0 amide bonds. The smallest absolute Gasteiger partial charge is 0.00541 e. The van der Waals surface area contributed by atoms with Gasteiger partial charge in [0.15, 0.2) is 0 Å². The zero-order valence-corrected chi connectivity index (χ0v) is 23.5. The summed E-state index contributed by atoms with van der Waals surface area (Å²) in [6, 6.07) is 0. The van der Waals surface area contributed by atoms with E-state index in [4.69, 9.17) is 5.73 Å². The van der Waals surface area contributed by atoms with Crippen molar-refractivity contribution in [3.8, 4) is 0 Å². The number of nitrogens with two attached hydrogens (primary N) is 1. The summed E-state index contributed by atoms with van der Waals surface area (Å²) < 4.78 is 0. The van der Waals surface area contributed by atoms with Crippen molar-refractivity contribution in [2.75, 3.05) is 6.54 Å². The van der Waals surface area contributed by atoms with E-state index >= 15 is 0 Å². The molecule has 192 valence electrons. The van der Waals surface area contributed by atoms with Crippen molar-refractivity contribution in [1.82, 2.24) is 0 Å². The molecular weight excluding hydrogens is 386 g/mol. The van der Waals surface area contributed by atoms with Crippen molar-refractivity contribution in [2.24, 2.45) is 41.2 Å². The van der Waals surface area contributed by atoms with Crippen LogP contribution in [0, 0.1) is 35.5 Å². The van der Waals surface area contributed by atoms with Gasteiger partial charge in [-0.1, -0.05) is 124 Å². The van der Waals surface area contributed by atoms with Crippen LogP contribution >= 0.6 is 0 Å². The minimum Gasteiger partial charge on any atom is -0.330 e. The summed E-state index contributed by atoms with van der Waals surface area (Å²) in [5.74, 6) is 5.47. The Morgan fingerprint density at radius 1 is 0.750 bits per heavy atom. The molecule has 0 spiro atoms. The second-order valence-electron chi connectivity index (χ2n) is 12.0. The summed E-state index contributed by atoms with van der Waals surface area (Å²) >= 11 is 0. The van der Waals surface area contributed by atoms with Crippen molar-refractivity contribution in [3.63, 3.8) is 0 Å². The normalized spacial score (nSPS) is 22.9. The van der Waals surface area contributed by atoms with Crippen molar-refractivity contribution < 1.29 is 0 Å². The van der Waals surface area contributed by atoms with E-state index in [2.05, 4.69) is 60.6 Å². The van der Waals surface area contributed by atoms with E-state index in [1.807, 2.05) is 0 Å². The van der Waals surface area contributed by atoms with Gasteiger partial charge in [-0.3, -0.25) is 0 Å². The Hall–Kier alpha value is -0.300. The van der Waals surface area contributed by atoms with Gasteiger partial charge in [-0.2, -0.15) is 0 Å². The molecule has 1 heteroatoms. The van der Waals surface area contributed by atoms with E-state index in [1.54, 1.807) is 0 Å². The monoisotopic (exact) mass is 449 g/mol. The lowest BCUT2D eigenvalue weighted by atomic mass is 9.78. The van der Waals surface area contributed by atoms with E-state index in [1.165, 1.54) is 96.3 Å². The van der Waals surface area contributed by atoms with Crippen molar-refractivity contribution in [3.05, 3.63) is 12.2 Å². The predicted octanol–water partition coefficient (Wildman–Crippen LogP) is 10.2. The van der Waals surface area contributed by atoms with Crippen LogP contribution < -0.4 is 5.73 Å². The number of hydrogen-bond acceptors (Lipinski definition) is 1. The summed E-state index contributed by atoms with van der Waals surface area (Å²) in [4.78, 5) is 0. The van der Waals surface area contributed by atoms with Crippen LogP contribution in [0.2, 0.25) is 0 Å². The summed E-state index contributed by atoms with van der Waals surface area (Å²) in [5, 5.41) is 0. The van der Waals surface area contributed by atoms with Crippen LogP contribution in [0.25, 0.3) is 0 Å². The van der Waals surface area contributed by atoms with Gasteiger partial charge in [0, 0.05) is 0 Å². The first-order valence-corrected chi connectivity index (χ1v) is 14.6. The summed E-state index contributed by atoms with van der Waals surface area (Å²) in [6.45, 7) is 16.7. The molecule has 0 bridgehead atoms. The average molecular weight is 450 g/mol. The maximum Gasteiger partial charge on any atom is -0.00541 e. The molecule has 0 saturated heterocycles. The van der Waals surface area contributed by atoms with E-state index in [0.717, 1.165) is 36.1 Å². The molecular formula is C31H63N. The van der Waals surface area contributed by atoms with Crippen molar-refractivity contribution >= 4 is 0 Å². The third-order valence-corrected chi connectivity index (χ3v) is 7.52. The second kappa shape index (κ2) is 21.2. The molecule has 2 aliphatic rings. The predicted molar refractivity (Wildman–Crippen MR) is 148 cm³/mol. The van der Waals surface area contributed by atoms with Crippen LogP contribution in [0.4, 0.5) is 0 Å². The van der Waals surface area contributed by atoms with Crippen LogP contribution in [0.3, 0.4) is 0 Å². The first kappa shape index (κ1) is 31.7. The molecule has 0 heterocycles. The van der Waals surface area contributed by atoms with Crippen molar-refractivity contribution in [1.29, 1.82) is 0 Å². The molecule has 0 aromatic heterocycles. The lowest BCUT2D eigenvalue weighted by Gasteiger charge is -2.27. The molecule has 2 fully saturated rings. The Labute approximate surface area is 204 Å². The van der Waals surface area contributed by atoms with Gasteiger partial charge in [0.2, 0.25) is 0 Å². The Kier molecular flexibility index (Phi) is 21.0. The van der Waals surface area contributed by atoms with Gasteiger partial charge in [-0.25, -0.2) is 0 Å². The average Bonchev–Trinajstić information content (AvgIpc) is 2.78. The van der Waals surface area contributed by atoms with Crippen molar-refractivity contribution in [2.45, 2.75) is 145 Å². The second-order valence-corrected chi connectivity index (χ2v) is 12.0. The minimum absolute atomic E-state index is 0.662. The fraction of sp³-hybridized carbons (Fsp3) is 0.935. The maximum atomic E-state index is 5.17. The SMILES string of the molecule is CC(C)CN.CC1CCCCC1.CC=CC1CCC(CCC(C)CCCCC(C)C)CC1. The highest BCUT2D eigenvalue weighted by Crippen LogP contribution is 2.33. The first-order valence-electron chi connectivity index (χ1n) is 14.6. The molecule has 2 rings (SSSR count). The fourth-order valence-corrected chi connectivity index (χ4v) is 4.96. The fourth-order valence-electron chi connectivity index (χ4n) is 4.96. The number of rotatable bonds is 10. The van der Waals surface area contributed by atoms with Crippen LogP contribution in [-0.4, -0.2) is 6.54 Å². The molecule has 0 aromatic carbocycles. The summed E-state index contributed by atoms with van der Waals surface area (Å²) in [6.07, 6.45) is 26.7. The quantitative estimate of drug-likeness (QED) is 0.260. The third-order valence-electron chi connectivity index (χ3n) is 7.52. The van der Waals surface area contributed by atoms with Crippen LogP contribution in [0.5, 0.6) is 0 Å². The van der Waals surface area contributed by atoms with Crippen LogP contribution in [0.15, 0.2) is 12.2 Å². The van der Waals surface area contributed by atoms with E-state index in [0.29, 0.717) is 5.92 Å². The van der Waals surface area contributed by atoms with Gasteiger partial charge in [0.25, 0.3) is 0 Å². The molecule has 0 aromatic rings. The number of hydrogen-bond donors (Lipinski definition) is 1. The first-order chi connectivity index (χ1) is 15.3. The Balaban J connectivity index is 0.000000649. The van der Waals surface area contributed by atoms with Crippen LogP contribution in [0.1, 0.15) is 145 Å². The molecule has 2 N–H and O–H groups in total. The minimum atomic E-state index is 0.662. The van der Waals surface area contributed by atoms with E-state index in [9.17, 15) is 0 Å².